The van der Waals surface area contributed by atoms with Crippen molar-refractivity contribution in [3.8, 4) is 5.75 Å². The molecule has 2 N–H and O–H groups in total. The lowest BCUT2D eigenvalue weighted by Crippen LogP contribution is -2.25. The van der Waals surface area contributed by atoms with Gasteiger partial charge in [0.15, 0.2) is 11.5 Å². The topological polar surface area (TPSA) is 58.6 Å². The maximum atomic E-state index is 11.3. The molecule has 2 rings (SSSR count). The van der Waals surface area contributed by atoms with Crippen molar-refractivity contribution in [1.82, 2.24) is 5.32 Å². The van der Waals surface area contributed by atoms with Crippen molar-refractivity contribution in [3.63, 3.8) is 0 Å². The van der Waals surface area contributed by atoms with Crippen LogP contribution in [0.15, 0.2) is 23.9 Å². The molecule has 1 aliphatic rings. The van der Waals surface area contributed by atoms with E-state index in [1.165, 1.54) is 6.92 Å². The van der Waals surface area contributed by atoms with Crippen molar-refractivity contribution in [2.75, 3.05) is 7.11 Å². The van der Waals surface area contributed by atoms with Gasteiger partial charge in [-0.1, -0.05) is 12.1 Å². The molecule has 0 amide bonds. The van der Waals surface area contributed by atoms with Crippen molar-refractivity contribution in [2.24, 2.45) is 0 Å². The summed E-state index contributed by atoms with van der Waals surface area (Å²) in [7, 11) is 1.54. The van der Waals surface area contributed by atoms with Gasteiger partial charge in [-0.15, -0.1) is 0 Å². The van der Waals surface area contributed by atoms with Crippen molar-refractivity contribution in [3.05, 3.63) is 35.0 Å². The molecule has 0 saturated carbocycles. The highest BCUT2D eigenvalue weighted by molar-refractivity contribution is 6.00. The lowest BCUT2D eigenvalue weighted by Gasteiger charge is -2.21. The lowest BCUT2D eigenvalue weighted by molar-refractivity contribution is -0.114. The fraction of sp³-hybridized carbons (Fsp3) is 0.250. The van der Waals surface area contributed by atoms with E-state index in [9.17, 15) is 9.90 Å². The lowest BCUT2D eigenvalue weighted by atomic mass is 9.99. The number of Topliss-reactive ketones (excluding diaryl/α,β-unsaturated/α-hetero) is 1. The van der Waals surface area contributed by atoms with Gasteiger partial charge in [0, 0.05) is 13.5 Å². The number of ether oxygens (including phenoxy) is 1. The van der Waals surface area contributed by atoms with E-state index < -0.39 is 0 Å². The molecule has 0 aliphatic carbocycles. The fourth-order valence-corrected chi connectivity index (χ4v) is 1.85. The summed E-state index contributed by atoms with van der Waals surface area (Å²) in [5, 5.41) is 12.9. The SMILES string of the molecule is COc1cccc2c1C(O)=C(C(C)=O)NC2. The summed E-state index contributed by atoms with van der Waals surface area (Å²) in [6.45, 7) is 1.93. The highest BCUT2D eigenvalue weighted by Crippen LogP contribution is 2.32. The van der Waals surface area contributed by atoms with Crippen molar-refractivity contribution in [1.29, 1.82) is 0 Å². The van der Waals surface area contributed by atoms with Gasteiger partial charge in [-0.05, 0) is 11.6 Å². The van der Waals surface area contributed by atoms with Gasteiger partial charge in [0.2, 0.25) is 0 Å². The number of ketones is 1. The standard InChI is InChI=1S/C12H13NO3/c1-7(14)11-12(15)10-8(6-13-11)4-3-5-9(10)16-2/h3-5,13,15H,6H2,1-2H3. The van der Waals surface area contributed by atoms with Gasteiger partial charge in [-0.25, -0.2) is 0 Å². The number of allylic oxidation sites excluding steroid dienone is 1. The maximum Gasteiger partial charge on any atom is 0.179 e. The molecule has 0 aromatic heterocycles. The number of methoxy groups -OCH3 is 1. The zero-order chi connectivity index (χ0) is 11.7. The molecule has 1 heterocycles. The third-order valence-corrected chi connectivity index (χ3v) is 2.61. The van der Waals surface area contributed by atoms with Crippen LogP contribution < -0.4 is 10.1 Å². The average molecular weight is 219 g/mol. The highest BCUT2D eigenvalue weighted by Gasteiger charge is 2.23. The molecule has 0 fully saturated rings. The first kappa shape index (κ1) is 10.5. The normalized spacial score (nSPS) is 14.1. The van der Waals surface area contributed by atoms with Gasteiger partial charge in [0.1, 0.15) is 11.4 Å². The molecule has 16 heavy (non-hydrogen) atoms. The molecular weight excluding hydrogens is 206 g/mol. The van der Waals surface area contributed by atoms with E-state index in [4.69, 9.17) is 4.74 Å². The number of rotatable bonds is 2. The molecule has 0 radical (unpaired) electrons. The summed E-state index contributed by atoms with van der Waals surface area (Å²) in [4.78, 5) is 11.3. The van der Waals surface area contributed by atoms with Crippen LogP contribution in [0, 0.1) is 0 Å². The predicted octanol–water partition coefficient (Wildman–Crippen LogP) is 1.61. The van der Waals surface area contributed by atoms with Crippen LogP contribution in [0.2, 0.25) is 0 Å². The summed E-state index contributed by atoms with van der Waals surface area (Å²) in [6.07, 6.45) is 0. The summed E-state index contributed by atoms with van der Waals surface area (Å²) in [5.41, 5.74) is 1.77. The first-order chi connectivity index (χ1) is 7.65. The van der Waals surface area contributed by atoms with Gasteiger partial charge in [-0.2, -0.15) is 0 Å². The van der Waals surface area contributed by atoms with Gasteiger partial charge >= 0.3 is 0 Å². The number of aliphatic hydroxyl groups excluding tert-OH is 1. The molecule has 0 spiro atoms. The Morgan fingerprint density at radius 3 is 2.88 bits per heavy atom. The van der Waals surface area contributed by atoms with E-state index in [0.29, 0.717) is 17.9 Å². The third kappa shape index (κ3) is 1.52. The van der Waals surface area contributed by atoms with Crippen LogP contribution in [0.1, 0.15) is 18.1 Å². The number of fused-ring (bicyclic) bond motifs is 1. The first-order valence-corrected chi connectivity index (χ1v) is 4.99. The number of benzene rings is 1. The van der Waals surface area contributed by atoms with E-state index in [-0.39, 0.29) is 17.2 Å². The van der Waals surface area contributed by atoms with Gasteiger partial charge < -0.3 is 15.2 Å². The van der Waals surface area contributed by atoms with E-state index in [1.807, 2.05) is 12.1 Å². The van der Waals surface area contributed by atoms with Gasteiger partial charge in [0.25, 0.3) is 0 Å². The van der Waals surface area contributed by atoms with Crippen LogP contribution in [0.25, 0.3) is 5.76 Å². The van der Waals surface area contributed by atoms with Crippen LogP contribution in [0.3, 0.4) is 0 Å². The van der Waals surface area contributed by atoms with Crippen molar-refractivity contribution < 1.29 is 14.6 Å². The Morgan fingerprint density at radius 1 is 1.50 bits per heavy atom. The minimum atomic E-state index is -0.186. The zero-order valence-corrected chi connectivity index (χ0v) is 9.20. The Kier molecular flexibility index (Phi) is 2.56. The smallest absolute Gasteiger partial charge is 0.179 e. The van der Waals surface area contributed by atoms with E-state index in [0.717, 1.165) is 5.56 Å². The number of carbonyl (C=O) groups excluding carboxylic acids is 1. The second-order valence-corrected chi connectivity index (χ2v) is 3.63. The summed E-state index contributed by atoms with van der Waals surface area (Å²) in [5.74, 6) is 0.357. The maximum absolute atomic E-state index is 11.3. The highest BCUT2D eigenvalue weighted by atomic mass is 16.5. The van der Waals surface area contributed by atoms with Crippen molar-refractivity contribution >= 4 is 11.5 Å². The Hall–Kier alpha value is -1.97. The molecule has 84 valence electrons. The van der Waals surface area contributed by atoms with Crippen LogP contribution in [-0.2, 0) is 11.3 Å². The number of aliphatic hydroxyl groups is 1. The molecule has 1 aliphatic heterocycles. The number of carbonyl (C=O) groups is 1. The summed E-state index contributed by atoms with van der Waals surface area (Å²) < 4.78 is 5.18. The van der Waals surface area contributed by atoms with Crippen LogP contribution >= 0.6 is 0 Å². The van der Waals surface area contributed by atoms with Crippen LogP contribution in [-0.4, -0.2) is 18.0 Å². The summed E-state index contributed by atoms with van der Waals surface area (Å²) >= 11 is 0. The van der Waals surface area contributed by atoms with Crippen molar-refractivity contribution in [2.45, 2.75) is 13.5 Å². The molecule has 4 heteroatoms. The molecule has 0 bridgehead atoms. The predicted molar refractivity (Wildman–Crippen MR) is 60.1 cm³/mol. The Bertz CT molecular complexity index is 477. The minimum absolute atomic E-state index is 0.0359. The molecule has 0 atom stereocenters. The Balaban J connectivity index is 2.64. The second-order valence-electron chi connectivity index (χ2n) is 3.63. The Morgan fingerprint density at radius 2 is 2.25 bits per heavy atom. The third-order valence-electron chi connectivity index (χ3n) is 2.61. The quantitative estimate of drug-likeness (QED) is 0.793. The number of hydrogen-bond donors (Lipinski definition) is 2. The van der Waals surface area contributed by atoms with Gasteiger partial charge in [0.05, 0.1) is 12.7 Å². The van der Waals surface area contributed by atoms with Crippen LogP contribution in [0.4, 0.5) is 0 Å². The van der Waals surface area contributed by atoms with E-state index in [1.54, 1.807) is 13.2 Å². The number of hydrogen-bond acceptors (Lipinski definition) is 4. The summed E-state index contributed by atoms with van der Waals surface area (Å²) in [6, 6.07) is 5.50. The van der Waals surface area contributed by atoms with E-state index >= 15 is 0 Å². The molecule has 1 aromatic carbocycles. The fourth-order valence-electron chi connectivity index (χ4n) is 1.85. The zero-order valence-electron chi connectivity index (χ0n) is 9.20. The number of nitrogens with one attached hydrogen (secondary N) is 1. The molecule has 0 saturated heterocycles. The molecule has 1 aromatic rings. The first-order valence-electron chi connectivity index (χ1n) is 4.99. The average Bonchev–Trinajstić information content (AvgIpc) is 2.28. The molecular formula is C12H13NO3. The minimum Gasteiger partial charge on any atom is -0.505 e. The second kappa shape index (κ2) is 3.89. The van der Waals surface area contributed by atoms with E-state index in [2.05, 4.69) is 5.32 Å². The largest absolute Gasteiger partial charge is 0.505 e. The molecule has 4 nitrogen and oxygen atoms in total. The van der Waals surface area contributed by atoms with Crippen LogP contribution in [0.5, 0.6) is 5.75 Å². The molecule has 0 unspecified atom stereocenters. The van der Waals surface area contributed by atoms with Gasteiger partial charge in [-0.3, -0.25) is 4.79 Å². The Labute approximate surface area is 93.5 Å². The monoisotopic (exact) mass is 219 g/mol.